The van der Waals surface area contributed by atoms with Crippen LogP contribution < -0.4 is 0 Å². The van der Waals surface area contributed by atoms with E-state index in [1.807, 2.05) is 6.08 Å². The Labute approximate surface area is 86.4 Å². The van der Waals surface area contributed by atoms with E-state index in [0.717, 1.165) is 6.42 Å². The predicted molar refractivity (Wildman–Crippen MR) is 55.3 cm³/mol. The van der Waals surface area contributed by atoms with Crippen LogP contribution in [-0.4, -0.2) is 10.7 Å². The highest BCUT2D eigenvalue weighted by Crippen LogP contribution is 2.26. The first-order valence-electron chi connectivity index (χ1n) is 4.66. The Morgan fingerprint density at radius 1 is 1.33 bits per heavy atom. The molecule has 15 heavy (non-hydrogen) atoms. The molecule has 0 amide bonds. The van der Waals surface area contributed by atoms with Crippen molar-refractivity contribution in [1.82, 2.24) is 0 Å². The van der Waals surface area contributed by atoms with Gasteiger partial charge in [0.2, 0.25) is 0 Å². The van der Waals surface area contributed by atoms with Crippen LogP contribution in [0.3, 0.4) is 0 Å². The van der Waals surface area contributed by atoms with Crippen LogP contribution in [0.1, 0.15) is 18.4 Å². The monoisotopic (exact) mass is 203 g/mol. The van der Waals surface area contributed by atoms with Crippen molar-refractivity contribution in [3.63, 3.8) is 0 Å². The normalized spacial score (nSPS) is 15.2. The van der Waals surface area contributed by atoms with E-state index < -0.39 is 4.92 Å². The molecule has 0 saturated heterocycles. The van der Waals surface area contributed by atoms with E-state index in [9.17, 15) is 14.9 Å². The molecule has 0 spiro atoms. The van der Waals surface area contributed by atoms with E-state index in [1.54, 1.807) is 12.1 Å². The van der Waals surface area contributed by atoms with Crippen LogP contribution >= 0.6 is 0 Å². The van der Waals surface area contributed by atoms with Crippen molar-refractivity contribution in [3.05, 3.63) is 46.0 Å². The largest absolute Gasteiger partial charge is 0.294 e. The number of nitro benzene ring substituents is 1. The standard InChI is InChI=1S/C11H9NO3/c13-11-6-2-5-10(11)8-3-1-4-9(7-8)12(14)15/h1,3-5,7H,2,6H2. The minimum Gasteiger partial charge on any atom is -0.294 e. The molecule has 1 aromatic carbocycles. The number of nitro groups is 1. The van der Waals surface area contributed by atoms with Crippen LogP contribution in [0, 0.1) is 10.1 Å². The van der Waals surface area contributed by atoms with Gasteiger partial charge in [0.05, 0.1) is 4.92 Å². The molecule has 0 unspecified atom stereocenters. The Morgan fingerprint density at radius 3 is 2.73 bits per heavy atom. The van der Waals surface area contributed by atoms with Gasteiger partial charge < -0.3 is 0 Å². The van der Waals surface area contributed by atoms with Crippen molar-refractivity contribution in [2.45, 2.75) is 12.8 Å². The van der Waals surface area contributed by atoms with Gasteiger partial charge in [0.25, 0.3) is 5.69 Å². The summed E-state index contributed by atoms with van der Waals surface area (Å²) in [4.78, 5) is 21.5. The van der Waals surface area contributed by atoms with Gasteiger partial charge in [-0.2, -0.15) is 0 Å². The summed E-state index contributed by atoms with van der Waals surface area (Å²) >= 11 is 0. The molecule has 0 atom stereocenters. The van der Waals surface area contributed by atoms with E-state index in [1.165, 1.54) is 12.1 Å². The van der Waals surface area contributed by atoms with E-state index in [0.29, 0.717) is 17.6 Å². The van der Waals surface area contributed by atoms with Crippen molar-refractivity contribution in [2.24, 2.45) is 0 Å². The van der Waals surface area contributed by atoms with Gasteiger partial charge >= 0.3 is 0 Å². The molecule has 0 heterocycles. The van der Waals surface area contributed by atoms with Crippen molar-refractivity contribution in [2.75, 3.05) is 0 Å². The Balaban J connectivity index is 2.41. The number of Topliss-reactive ketones (excluding diaryl/α,β-unsaturated/α-hetero) is 1. The van der Waals surface area contributed by atoms with Gasteiger partial charge in [0, 0.05) is 24.1 Å². The highest BCUT2D eigenvalue weighted by Gasteiger charge is 2.18. The van der Waals surface area contributed by atoms with Crippen molar-refractivity contribution >= 4 is 17.0 Å². The summed E-state index contributed by atoms with van der Waals surface area (Å²) in [6.07, 6.45) is 3.08. The molecular formula is C11H9NO3. The van der Waals surface area contributed by atoms with E-state index in [4.69, 9.17) is 0 Å². The Morgan fingerprint density at radius 2 is 2.13 bits per heavy atom. The van der Waals surface area contributed by atoms with Crippen LogP contribution in [0.25, 0.3) is 5.57 Å². The molecule has 2 rings (SSSR count). The third-order valence-electron chi connectivity index (χ3n) is 2.39. The second kappa shape index (κ2) is 3.65. The zero-order valence-electron chi connectivity index (χ0n) is 7.97. The fraction of sp³-hybridized carbons (Fsp3) is 0.182. The summed E-state index contributed by atoms with van der Waals surface area (Å²) in [5.41, 5.74) is 1.28. The summed E-state index contributed by atoms with van der Waals surface area (Å²) in [7, 11) is 0. The van der Waals surface area contributed by atoms with Gasteiger partial charge in [-0.3, -0.25) is 14.9 Å². The molecule has 0 aromatic heterocycles. The molecule has 4 heteroatoms. The maximum atomic E-state index is 11.4. The Bertz CT molecular complexity index is 463. The molecule has 1 aliphatic rings. The van der Waals surface area contributed by atoms with Crippen molar-refractivity contribution in [1.29, 1.82) is 0 Å². The number of ketones is 1. The molecule has 0 fully saturated rings. The summed E-state index contributed by atoms with van der Waals surface area (Å²) in [5, 5.41) is 10.6. The lowest BCUT2D eigenvalue weighted by Crippen LogP contribution is -1.96. The number of allylic oxidation sites excluding steroid dienone is 2. The van der Waals surface area contributed by atoms with Crippen molar-refractivity contribution in [3.8, 4) is 0 Å². The first kappa shape index (κ1) is 9.58. The molecule has 1 aliphatic carbocycles. The smallest absolute Gasteiger partial charge is 0.270 e. The number of rotatable bonds is 2. The van der Waals surface area contributed by atoms with Gasteiger partial charge in [-0.15, -0.1) is 0 Å². The van der Waals surface area contributed by atoms with Gasteiger partial charge in [0.1, 0.15) is 0 Å². The van der Waals surface area contributed by atoms with Crippen molar-refractivity contribution < 1.29 is 9.72 Å². The molecule has 76 valence electrons. The van der Waals surface area contributed by atoms with Gasteiger partial charge in [-0.1, -0.05) is 18.2 Å². The fourth-order valence-corrected chi connectivity index (χ4v) is 1.66. The minimum atomic E-state index is -0.455. The molecule has 0 N–H and O–H groups in total. The molecule has 0 aliphatic heterocycles. The third kappa shape index (κ3) is 1.79. The zero-order chi connectivity index (χ0) is 10.8. The minimum absolute atomic E-state index is 0.0214. The SMILES string of the molecule is O=C1CCC=C1c1cccc([N+](=O)[O-])c1. The van der Waals surface area contributed by atoms with E-state index in [2.05, 4.69) is 0 Å². The summed E-state index contributed by atoms with van der Waals surface area (Å²) in [6.45, 7) is 0. The maximum Gasteiger partial charge on any atom is 0.270 e. The summed E-state index contributed by atoms with van der Waals surface area (Å²) in [5.74, 6) is 0.0653. The van der Waals surface area contributed by atoms with Crippen LogP contribution in [0.5, 0.6) is 0 Å². The molecule has 0 radical (unpaired) electrons. The van der Waals surface area contributed by atoms with Crippen LogP contribution in [0.15, 0.2) is 30.3 Å². The number of nitrogens with zero attached hydrogens (tertiary/aromatic N) is 1. The number of carbonyl (C=O) groups excluding carboxylic acids is 1. The van der Waals surface area contributed by atoms with E-state index in [-0.39, 0.29) is 11.5 Å². The number of hydrogen-bond acceptors (Lipinski definition) is 3. The quantitative estimate of drug-likeness (QED) is 0.547. The molecular weight excluding hydrogens is 194 g/mol. The predicted octanol–water partition coefficient (Wildman–Crippen LogP) is 2.34. The van der Waals surface area contributed by atoms with Gasteiger partial charge in [0.15, 0.2) is 5.78 Å². The summed E-state index contributed by atoms with van der Waals surface area (Å²) in [6, 6.07) is 6.18. The topological polar surface area (TPSA) is 60.2 Å². The van der Waals surface area contributed by atoms with Crippen LogP contribution in [-0.2, 0) is 4.79 Å². The molecule has 4 nitrogen and oxygen atoms in total. The average molecular weight is 203 g/mol. The van der Waals surface area contributed by atoms with Gasteiger partial charge in [-0.05, 0) is 12.0 Å². The second-order valence-corrected chi connectivity index (χ2v) is 3.39. The molecule has 1 aromatic rings. The Kier molecular flexibility index (Phi) is 2.33. The fourth-order valence-electron chi connectivity index (χ4n) is 1.66. The Hall–Kier alpha value is -1.97. The number of carbonyl (C=O) groups is 1. The number of benzene rings is 1. The van der Waals surface area contributed by atoms with Gasteiger partial charge in [-0.25, -0.2) is 0 Å². The first-order chi connectivity index (χ1) is 7.18. The van der Waals surface area contributed by atoms with E-state index >= 15 is 0 Å². The highest BCUT2D eigenvalue weighted by atomic mass is 16.6. The number of hydrogen-bond donors (Lipinski definition) is 0. The number of non-ortho nitro benzene ring substituents is 1. The second-order valence-electron chi connectivity index (χ2n) is 3.39. The average Bonchev–Trinajstić information content (AvgIpc) is 2.64. The third-order valence-corrected chi connectivity index (χ3v) is 2.39. The molecule has 0 saturated carbocycles. The lowest BCUT2D eigenvalue weighted by molar-refractivity contribution is -0.384. The molecule has 0 bridgehead atoms. The zero-order valence-corrected chi connectivity index (χ0v) is 7.97. The first-order valence-corrected chi connectivity index (χ1v) is 4.66. The lowest BCUT2D eigenvalue weighted by atomic mass is 10.0. The highest BCUT2D eigenvalue weighted by molar-refractivity contribution is 6.22. The van der Waals surface area contributed by atoms with Crippen LogP contribution in [0.2, 0.25) is 0 Å². The maximum absolute atomic E-state index is 11.4. The summed E-state index contributed by atoms with van der Waals surface area (Å²) < 4.78 is 0. The van der Waals surface area contributed by atoms with Crippen LogP contribution in [0.4, 0.5) is 5.69 Å². The lowest BCUT2D eigenvalue weighted by Gasteiger charge is -2.00.